The van der Waals surface area contributed by atoms with E-state index in [4.69, 9.17) is 12.2 Å². The molecule has 0 saturated heterocycles. The number of nitrogens with zero attached hydrogens (tertiary/aromatic N) is 1. The summed E-state index contributed by atoms with van der Waals surface area (Å²) in [6.45, 7) is 13.8. The van der Waals surface area contributed by atoms with Crippen molar-refractivity contribution in [3.63, 3.8) is 0 Å². The van der Waals surface area contributed by atoms with Crippen LogP contribution in [0.25, 0.3) is 0 Å². The van der Waals surface area contributed by atoms with Crippen molar-refractivity contribution < 1.29 is 21.5 Å². The molecule has 1 rings (SSSR count). The predicted octanol–water partition coefficient (Wildman–Crippen LogP) is 4.49. The van der Waals surface area contributed by atoms with Gasteiger partial charge >= 0.3 is 0 Å². The highest BCUT2D eigenvalue weighted by Gasteiger charge is 2.20. The molecule has 0 fully saturated rings. The van der Waals surface area contributed by atoms with Gasteiger partial charge in [-0.05, 0) is 52.3 Å². The van der Waals surface area contributed by atoms with Crippen LogP contribution in [0.4, 0.5) is 0 Å². The minimum absolute atomic E-state index is 0. The molecule has 0 radical (unpaired) electrons. The SMILES string of the molecule is CCCCCCCCCCCCCCc1c(CCC[N+](CC)(CC)CC)[nH]c(=S)[nH]c1=O.[Br-]. The number of unbranched alkanes of at least 4 members (excludes halogenated alkanes) is 11. The second-order valence-electron chi connectivity index (χ2n) is 9.62. The Hall–Kier alpha value is -0.460. The van der Waals surface area contributed by atoms with Crippen LogP contribution in [-0.2, 0) is 12.8 Å². The maximum absolute atomic E-state index is 12.6. The molecule has 0 saturated carbocycles. The van der Waals surface area contributed by atoms with E-state index < -0.39 is 0 Å². The molecule has 0 aromatic carbocycles. The van der Waals surface area contributed by atoms with Crippen molar-refractivity contribution in [2.75, 3.05) is 26.2 Å². The van der Waals surface area contributed by atoms with Crippen molar-refractivity contribution in [3.05, 3.63) is 26.4 Å². The van der Waals surface area contributed by atoms with Crippen molar-refractivity contribution in [2.24, 2.45) is 0 Å². The number of aromatic amines is 2. The first-order chi connectivity index (χ1) is 15.5. The van der Waals surface area contributed by atoms with Crippen LogP contribution < -0.4 is 22.5 Å². The third-order valence-corrected chi connectivity index (χ3v) is 7.69. The first-order valence-corrected chi connectivity index (χ1v) is 14.1. The number of quaternary nitrogens is 1. The Bertz CT molecular complexity index is 704. The zero-order valence-corrected chi connectivity index (χ0v) is 24.5. The lowest BCUT2D eigenvalue weighted by molar-refractivity contribution is -0.923. The molecule has 194 valence electrons. The van der Waals surface area contributed by atoms with Crippen LogP contribution in [-0.4, -0.2) is 40.6 Å². The van der Waals surface area contributed by atoms with E-state index >= 15 is 0 Å². The van der Waals surface area contributed by atoms with Crippen molar-refractivity contribution in [1.29, 1.82) is 0 Å². The van der Waals surface area contributed by atoms with E-state index in [-0.39, 0.29) is 22.5 Å². The molecular formula is C27H52BrN3OS. The normalized spacial score (nSPS) is 11.5. The summed E-state index contributed by atoms with van der Waals surface area (Å²) in [7, 11) is 0. The van der Waals surface area contributed by atoms with E-state index in [0.29, 0.717) is 4.77 Å². The number of rotatable bonds is 20. The molecule has 4 nitrogen and oxygen atoms in total. The lowest BCUT2D eigenvalue weighted by atomic mass is 10.0. The van der Waals surface area contributed by atoms with E-state index in [0.717, 1.165) is 48.0 Å². The van der Waals surface area contributed by atoms with Crippen molar-refractivity contribution in [3.8, 4) is 0 Å². The summed E-state index contributed by atoms with van der Waals surface area (Å²) in [6, 6.07) is 0. The van der Waals surface area contributed by atoms with Gasteiger partial charge in [0.2, 0.25) is 0 Å². The van der Waals surface area contributed by atoms with Gasteiger partial charge in [0, 0.05) is 17.7 Å². The lowest BCUT2D eigenvalue weighted by Gasteiger charge is -2.35. The molecule has 33 heavy (non-hydrogen) atoms. The molecule has 6 heteroatoms. The summed E-state index contributed by atoms with van der Waals surface area (Å²) in [5, 5.41) is 0. The second-order valence-corrected chi connectivity index (χ2v) is 10.0. The monoisotopic (exact) mass is 545 g/mol. The molecule has 1 heterocycles. The smallest absolute Gasteiger partial charge is 0.255 e. The first kappa shape index (κ1) is 32.5. The highest BCUT2D eigenvalue weighted by atomic mass is 79.9. The number of H-pyrrole nitrogens is 2. The van der Waals surface area contributed by atoms with Gasteiger partial charge in [0.25, 0.3) is 5.56 Å². The van der Waals surface area contributed by atoms with Gasteiger partial charge in [-0.15, -0.1) is 0 Å². The molecule has 0 aliphatic heterocycles. The molecule has 0 aliphatic carbocycles. The lowest BCUT2D eigenvalue weighted by Crippen LogP contribution is -3.00. The molecule has 0 amide bonds. The number of aromatic nitrogens is 2. The average molecular weight is 547 g/mol. The Labute approximate surface area is 219 Å². The van der Waals surface area contributed by atoms with Crippen LogP contribution in [0.2, 0.25) is 0 Å². The number of halogens is 1. The number of aryl methyl sites for hydroxylation is 1. The molecule has 0 bridgehead atoms. The molecule has 2 N–H and O–H groups in total. The van der Waals surface area contributed by atoms with Gasteiger partial charge in [0.1, 0.15) is 0 Å². The Morgan fingerprint density at radius 2 is 1.15 bits per heavy atom. The summed E-state index contributed by atoms with van der Waals surface area (Å²) in [6.07, 6.45) is 18.9. The minimum atomic E-state index is 0. The molecule has 0 unspecified atom stereocenters. The Morgan fingerprint density at radius 1 is 0.667 bits per heavy atom. The molecule has 1 aromatic heterocycles. The summed E-state index contributed by atoms with van der Waals surface area (Å²) in [4.78, 5) is 18.7. The summed E-state index contributed by atoms with van der Waals surface area (Å²) >= 11 is 5.26. The van der Waals surface area contributed by atoms with E-state index in [9.17, 15) is 4.79 Å². The summed E-state index contributed by atoms with van der Waals surface area (Å²) in [5.41, 5.74) is 2.03. The van der Waals surface area contributed by atoms with Gasteiger partial charge in [0.15, 0.2) is 4.77 Å². The number of nitrogens with one attached hydrogen (secondary N) is 2. The van der Waals surface area contributed by atoms with E-state index in [1.165, 1.54) is 90.3 Å². The van der Waals surface area contributed by atoms with Crippen molar-refractivity contribution in [1.82, 2.24) is 9.97 Å². The van der Waals surface area contributed by atoms with Crippen LogP contribution >= 0.6 is 12.2 Å². The van der Waals surface area contributed by atoms with Crippen LogP contribution in [0, 0.1) is 4.77 Å². The Kier molecular flexibility index (Phi) is 19.5. The Balaban J connectivity index is 0.0000102. The van der Waals surface area contributed by atoms with Gasteiger partial charge in [-0.3, -0.25) is 9.78 Å². The fraction of sp³-hybridized carbons (Fsp3) is 0.852. The number of hydrogen-bond donors (Lipinski definition) is 2. The van der Waals surface area contributed by atoms with E-state index in [1.54, 1.807) is 0 Å². The van der Waals surface area contributed by atoms with Gasteiger partial charge in [-0.1, -0.05) is 77.6 Å². The third kappa shape index (κ3) is 13.3. The standard InChI is InChI=1S/C27H51N3OS.BrH/c1-5-9-10-11-12-13-14-15-16-17-18-19-21-24-25(28-27(32)29-26(24)31)22-20-23-30(6-2,7-3)8-4;/h5-23H2,1-4H3,(H-,28,29,31,32);1H. The predicted molar refractivity (Wildman–Crippen MR) is 142 cm³/mol. The third-order valence-electron chi connectivity index (χ3n) is 7.48. The number of hydrogen-bond acceptors (Lipinski definition) is 2. The fourth-order valence-electron chi connectivity index (χ4n) is 4.92. The maximum atomic E-state index is 12.6. The summed E-state index contributed by atoms with van der Waals surface area (Å²) < 4.78 is 1.61. The first-order valence-electron chi connectivity index (χ1n) is 13.7. The van der Waals surface area contributed by atoms with Gasteiger partial charge in [0.05, 0.1) is 26.2 Å². The molecule has 0 atom stereocenters. The van der Waals surface area contributed by atoms with E-state index in [1.807, 2.05) is 0 Å². The minimum Gasteiger partial charge on any atom is -1.00 e. The largest absolute Gasteiger partial charge is 1.00 e. The van der Waals surface area contributed by atoms with Crippen molar-refractivity contribution in [2.45, 2.75) is 124 Å². The van der Waals surface area contributed by atoms with E-state index in [2.05, 4.69) is 37.7 Å². The zero-order chi connectivity index (χ0) is 23.7. The maximum Gasteiger partial charge on any atom is 0.255 e. The molecular weight excluding hydrogens is 494 g/mol. The topological polar surface area (TPSA) is 48.6 Å². The zero-order valence-electron chi connectivity index (χ0n) is 22.1. The molecule has 0 aliphatic rings. The molecule has 0 spiro atoms. The highest BCUT2D eigenvalue weighted by Crippen LogP contribution is 2.15. The van der Waals surface area contributed by atoms with Gasteiger partial charge in [-0.2, -0.15) is 0 Å². The summed E-state index contributed by atoms with van der Waals surface area (Å²) in [5.74, 6) is 0. The van der Waals surface area contributed by atoms with Crippen LogP contribution in [0.3, 0.4) is 0 Å². The highest BCUT2D eigenvalue weighted by molar-refractivity contribution is 7.71. The van der Waals surface area contributed by atoms with Crippen molar-refractivity contribution >= 4 is 12.2 Å². The Morgan fingerprint density at radius 3 is 1.64 bits per heavy atom. The van der Waals surface area contributed by atoms with Crippen LogP contribution in [0.1, 0.15) is 122 Å². The van der Waals surface area contributed by atoms with Gasteiger partial charge < -0.3 is 26.4 Å². The van der Waals surface area contributed by atoms with Gasteiger partial charge in [-0.25, -0.2) is 0 Å². The quantitative estimate of drug-likeness (QED) is 0.144. The fourth-order valence-corrected chi connectivity index (χ4v) is 5.13. The van der Waals surface area contributed by atoms with Crippen LogP contribution in [0.5, 0.6) is 0 Å². The van der Waals surface area contributed by atoms with Crippen LogP contribution in [0.15, 0.2) is 4.79 Å². The average Bonchev–Trinajstić information content (AvgIpc) is 2.79. The molecule has 1 aromatic rings. The second kappa shape index (κ2) is 19.8.